The van der Waals surface area contributed by atoms with Crippen molar-refractivity contribution in [2.24, 2.45) is 21.4 Å². The van der Waals surface area contributed by atoms with E-state index in [-0.39, 0.29) is 11.9 Å². The van der Waals surface area contributed by atoms with Gasteiger partial charge >= 0.3 is 0 Å². The molecule has 1 amide bonds. The fourth-order valence-electron chi connectivity index (χ4n) is 4.26. The predicted octanol–water partition coefficient (Wildman–Crippen LogP) is 4.73. The largest absolute Gasteiger partial charge is 0.335 e. The van der Waals surface area contributed by atoms with Gasteiger partial charge in [0.2, 0.25) is 0 Å². The monoisotopic (exact) mass is 466 g/mol. The molecule has 0 aromatic heterocycles. The van der Waals surface area contributed by atoms with Crippen molar-refractivity contribution >= 4 is 52.0 Å². The van der Waals surface area contributed by atoms with Crippen molar-refractivity contribution in [3.05, 3.63) is 51.9 Å². The summed E-state index contributed by atoms with van der Waals surface area (Å²) in [5.41, 5.74) is 1.68. The van der Waals surface area contributed by atoms with Gasteiger partial charge in [0.1, 0.15) is 11.0 Å². The number of hydrogen-bond acceptors (Lipinski definition) is 5. The maximum Gasteiger partial charge on any atom is 0.256 e. The van der Waals surface area contributed by atoms with Crippen LogP contribution in [0.3, 0.4) is 0 Å². The summed E-state index contributed by atoms with van der Waals surface area (Å²) in [5.74, 6) is 0.856. The van der Waals surface area contributed by atoms with Crippen LogP contribution in [0.1, 0.15) is 44.0 Å². The van der Waals surface area contributed by atoms with Crippen LogP contribution in [-0.4, -0.2) is 33.3 Å². The van der Waals surface area contributed by atoms with E-state index < -0.39 is 11.0 Å². The molecular formula is C21H27ClN4O2S2. The first-order valence-electron chi connectivity index (χ1n) is 9.94. The molecule has 30 heavy (non-hydrogen) atoms. The van der Waals surface area contributed by atoms with Gasteiger partial charge in [-0.2, -0.15) is 0 Å². The SMILES string of the molecule is CCC1C(C)CN(C(=O)c2ccc(Cl)cc2NS(=O)C2=CC=C/C(=N/SN)C2)C1C. The Balaban J connectivity index is 1.83. The number of allylic oxidation sites excluding steroid dienone is 4. The molecule has 1 aliphatic carbocycles. The van der Waals surface area contributed by atoms with Crippen LogP contribution < -0.4 is 9.86 Å². The summed E-state index contributed by atoms with van der Waals surface area (Å²) < 4.78 is 20.1. The molecule has 6 nitrogen and oxygen atoms in total. The highest BCUT2D eigenvalue weighted by Gasteiger charge is 2.38. The number of anilines is 1. The third kappa shape index (κ3) is 4.99. The molecule has 0 spiro atoms. The summed E-state index contributed by atoms with van der Waals surface area (Å²) in [5, 5.41) is 5.87. The van der Waals surface area contributed by atoms with Gasteiger partial charge < -0.3 is 9.62 Å². The molecule has 1 heterocycles. The highest BCUT2D eigenvalue weighted by Crippen LogP contribution is 2.34. The lowest BCUT2D eigenvalue weighted by Crippen LogP contribution is -2.36. The van der Waals surface area contributed by atoms with Gasteiger partial charge in [-0.1, -0.05) is 37.9 Å². The van der Waals surface area contributed by atoms with Crippen molar-refractivity contribution in [1.82, 2.24) is 4.90 Å². The van der Waals surface area contributed by atoms with Gasteiger partial charge in [0.05, 0.1) is 29.1 Å². The zero-order valence-corrected chi connectivity index (χ0v) is 19.7. The van der Waals surface area contributed by atoms with Gasteiger partial charge in [-0.25, -0.2) is 8.61 Å². The Morgan fingerprint density at radius 1 is 1.43 bits per heavy atom. The molecule has 0 saturated carbocycles. The first-order chi connectivity index (χ1) is 14.3. The van der Waals surface area contributed by atoms with Gasteiger partial charge in [-0.15, -0.1) is 0 Å². The molecule has 1 saturated heterocycles. The standard InChI is InChI=1S/C21H27ClN4O2S2/c1-4-18-13(2)12-26(14(18)3)21(27)19-9-8-15(22)10-20(19)25-30(28)17-7-5-6-16(11-17)24-29-23/h5-10,13-14,18,25H,4,11-12,23H2,1-3H3/b24-16-. The smallest absolute Gasteiger partial charge is 0.256 e. The lowest BCUT2D eigenvalue weighted by Gasteiger charge is -2.25. The predicted molar refractivity (Wildman–Crippen MR) is 128 cm³/mol. The second kappa shape index (κ2) is 10.1. The van der Waals surface area contributed by atoms with Crippen molar-refractivity contribution in [1.29, 1.82) is 0 Å². The maximum absolute atomic E-state index is 13.4. The molecule has 9 heteroatoms. The first-order valence-corrected chi connectivity index (χ1v) is 12.3. The zero-order valence-electron chi connectivity index (χ0n) is 17.3. The number of nitrogens with zero attached hydrogens (tertiary/aromatic N) is 2. The van der Waals surface area contributed by atoms with Crippen LogP contribution in [0.25, 0.3) is 0 Å². The normalized spacial score (nSPS) is 26.0. The zero-order chi connectivity index (χ0) is 21.8. The number of amides is 1. The minimum atomic E-state index is -1.54. The Hall–Kier alpha value is -1.61. The van der Waals surface area contributed by atoms with Gasteiger partial charge in [0.15, 0.2) is 0 Å². The molecule has 0 radical (unpaired) electrons. The lowest BCUT2D eigenvalue weighted by atomic mass is 9.90. The van der Waals surface area contributed by atoms with Crippen LogP contribution in [0.5, 0.6) is 0 Å². The quantitative estimate of drug-likeness (QED) is 0.593. The summed E-state index contributed by atoms with van der Waals surface area (Å²) in [6, 6.07) is 5.20. The maximum atomic E-state index is 13.4. The highest BCUT2D eigenvalue weighted by atomic mass is 35.5. The van der Waals surface area contributed by atoms with E-state index in [9.17, 15) is 9.00 Å². The number of carbonyl (C=O) groups is 1. The summed E-state index contributed by atoms with van der Waals surface area (Å²) in [4.78, 5) is 15.9. The van der Waals surface area contributed by atoms with E-state index in [0.29, 0.717) is 39.4 Å². The Morgan fingerprint density at radius 3 is 2.87 bits per heavy atom. The van der Waals surface area contributed by atoms with Crippen LogP contribution in [-0.2, 0) is 11.0 Å². The Labute approximate surface area is 189 Å². The van der Waals surface area contributed by atoms with E-state index in [0.717, 1.165) is 30.8 Å². The Bertz CT molecular complexity index is 932. The highest BCUT2D eigenvalue weighted by molar-refractivity contribution is 7.95. The molecule has 162 valence electrons. The van der Waals surface area contributed by atoms with Gasteiger partial charge in [-0.05, 0) is 49.1 Å². The molecule has 4 unspecified atom stereocenters. The summed E-state index contributed by atoms with van der Waals surface area (Å²) in [7, 11) is -1.54. The summed E-state index contributed by atoms with van der Waals surface area (Å²) in [6.45, 7) is 7.18. The number of rotatable bonds is 6. The molecule has 3 rings (SSSR count). The van der Waals surface area contributed by atoms with Crippen molar-refractivity contribution in [3.8, 4) is 0 Å². The van der Waals surface area contributed by atoms with Crippen molar-refractivity contribution in [3.63, 3.8) is 0 Å². The van der Waals surface area contributed by atoms with Crippen LogP contribution in [0, 0.1) is 11.8 Å². The van der Waals surface area contributed by atoms with Gasteiger partial charge in [-0.3, -0.25) is 9.93 Å². The van der Waals surface area contributed by atoms with Crippen molar-refractivity contribution < 1.29 is 9.00 Å². The van der Waals surface area contributed by atoms with E-state index in [4.69, 9.17) is 16.7 Å². The van der Waals surface area contributed by atoms with E-state index in [1.165, 1.54) is 0 Å². The number of hydrogen-bond donors (Lipinski definition) is 2. The van der Waals surface area contributed by atoms with Crippen LogP contribution in [0.4, 0.5) is 5.69 Å². The second-order valence-electron chi connectivity index (χ2n) is 7.67. The molecule has 1 aliphatic heterocycles. The number of benzene rings is 1. The number of nitrogens with two attached hydrogens (primary N) is 1. The third-order valence-electron chi connectivity index (χ3n) is 5.81. The van der Waals surface area contributed by atoms with E-state index in [1.807, 2.05) is 11.0 Å². The average molecular weight is 467 g/mol. The number of likely N-dealkylation sites (tertiary alicyclic amines) is 1. The van der Waals surface area contributed by atoms with Crippen molar-refractivity contribution in [2.45, 2.75) is 39.7 Å². The van der Waals surface area contributed by atoms with Crippen molar-refractivity contribution in [2.75, 3.05) is 11.3 Å². The summed E-state index contributed by atoms with van der Waals surface area (Å²) in [6.07, 6.45) is 6.85. The molecule has 1 aromatic rings. The lowest BCUT2D eigenvalue weighted by molar-refractivity contribution is 0.0731. The third-order valence-corrected chi connectivity index (χ3v) is 7.54. The number of nitrogens with one attached hydrogen (secondary N) is 1. The number of halogens is 1. The number of carbonyl (C=O) groups excluding carboxylic acids is 1. The molecule has 2 aliphatic rings. The topological polar surface area (TPSA) is 87.8 Å². The molecule has 1 fully saturated rings. The minimum absolute atomic E-state index is 0.0687. The van der Waals surface area contributed by atoms with E-state index >= 15 is 0 Å². The van der Waals surface area contributed by atoms with Gasteiger partial charge in [0, 0.05) is 28.9 Å². The van der Waals surface area contributed by atoms with Crippen LogP contribution in [0.15, 0.2) is 45.7 Å². The van der Waals surface area contributed by atoms with E-state index in [2.05, 4.69) is 29.9 Å². The van der Waals surface area contributed by atoms with Gasteiger partial charge in [0.25, 0.3) is 5.91 Å². The molecule has 1 aromatic carbocycles. The molecular weight excluding hydrogens is 440 g/mol. The second-order valence-corrected chi connectivity index (χ2v) is 9.76. The molecule has 4 atom stereocenters. The van der Waals surface area contributed by atoms with Crippen LogP contribution >= 0.6 is 23.7 Å². The first kappa shape index (κ1) is 23.1. The summed E-state index contributed by atoms with van der Waals surface area (Å²) >= 11 is 7.06. The molecule has 0 bridgehead atoms. The van der Waals surface area contributed by atoms with E-state index in [1.54, 1.807) is 30.4 Å². The fourth-order valence-corrected chi connectivity index (χ4v) is 5.67. The molecule has 3 N–H and O–H groups in total. The average Bonchev–Trinajstić information content (AvgIpc) is 3.01. The fraction of sp³-hybridized carbons (Fsp3) is 0.429. The Morgan fingerprint density at radius 2 is 2.20 bits per heavy atom. The van der Waals surface area contributed by atoms with Crippen LogP contribution in [0.2, 0.25) is 5.02 Å². The Kier molecular flexibility index (Phi) is 7.79. The minimum Gasteiger partial charge on any atom is -0.335 e.